The van der Waals surface area contributed by atoms with Crippen LogP contribution in [0.4, 0.5) is 0 Å². The molecule has 0 saturated carbocycles. The van der Waals surface area contributed by atoms with E-state index in [4.69, 9.17) is 0 Å². The van der Waals surface area contributed by atoms with Crippen molar-refractivity contribution in [3.8, 4) is 16.8 Å². The van der Waals surface area contributed by atoms with Gasteiger partial charge in [0.05, 0.1) is 5.69 Å². The Hall–Kier alpha value is -3.09. The molecule has 132 valence electrons. The van der Waals surface area contributed by atoms with Crippen LogP contribution in [-0.4, -0.2) is 49.1 Å². The number of likely N-dealkylation sites (tertiary alicyclic amines) is 1. The minimum Gasteiger partial charge on any atom is -0.338 e. The molecule has 1 fully saturated rings. The summed E-state index contributed by atoms with van der Waals surface area (Å²) in [5.74, 6) is 0.594. The Labute approximate surface area is 151 Å². The van der Waals surface area contributed by atoms with Crippen molar-refractivity contribution in [3.05, 3.63) is 54.6 Å². The lowest BCUT2D eigenvalue weighted by atomic mass is 9.98. The van der Waals surface area contributed by atoms with Crippen LogP contribution in [0.15, 0.2) is 49.1 Å². The molecule has 3 heterocycles. The lowest BCUT2D eigenvalue weighted by molar-refractivity contribution is 0.0683. The molecule has 0 radical (unpaired) electrons. The molecule has 3 aromatic rings. The molecule has 1 aliphatic heterocycles. The molecule has 4 rings (SSSR count). The van der Waals surface area contributed by atoms with Crippen molar-refractivity contribution in [3.63, 3.8) is 0 Å². The van der Waals surface area contributed by atoms with E-state index in [-0.39, 0.29) is 5.91 Å². The average molecular weight is 348 g/mol. The van der Waals surface area contributed by atoms with Crippen molar-refractivity contribution >= 4 is 5.91 Å². The number of hydrogen-bond acceptors (Lipinski definition) is 5. The zero-order valence-corrected chi connectivity index (χ0v) is 14.6. The summed E-state index contributed by atoms with van der Waals surface area (Å²) >= 11 is 0. The molecule has 1 amide bonds. The molecule has 1 aromatic carbocycles. The second-order valence-electron chi connectivity index (χ2n) is 6.76. The predicted octanol–water partition coefficient (Wildman–Crippen LogP) is 2.60. The van der Waals surface area contributed by atoms with Gasteiger partial charge >= 0.3 is 0 Å². The standard InChI is InChI=1S/C19H20N6O/c1-14-3-2-8-24(12-14)19(26)17-9-16(15-4-6-20-7-5-15)10-18(11-17)25-13-21-22-23-25/h4-7,9-11,13-14H,2-3,8,12H2,1H3. The van der Waals surface area contributed by atoms with E-state index in [9.17, 15) is 4.79 Å². The Kier molecular flexibility index (Phi) is 4.43. The summed E-state index contributed by atoms with van der Waals surface area (Å²) in [5.41, 5.74) is 3.35. The molecule has 1 atom stereocenters. The van der Waals surface area contributed by atoms with Crippen molar-refractivity contribution in [2.24, 2.45) is 5.92 Å². The third-order valence-electron chi connectivity index (χ3n) is 4.74. The van der Waals surface area contributed by atoms with Crippen molar-refractivity contribution < 1.29 is 4.79 Å². The molecule has 26 heavy (non-hydrogen) atoms. The maximum atomic E-state index is 13.1. The van der Waals surface area contributed by atoms with E-state index >= 15 is 0 Å². The van der Waals surface area contributed by atoms with Crippen molar-refractivity contribution in [2.75, 3.05) is 13.1 Å². The fourth-order valence-electron chi connectivity index (χ4n) is 3.41. The third kappa shape index (κ3) is 3.33. The van der Waals surface area contributed by atoms with Gasteiger partial charge in [0.15, 0.2) is 0 Å². The van der Waals surface area contributed by atoms with Crippen LogP contribution in [0.5, 0.6) is 0 Å². The maximum absolute atomic E-state index is 13.1. The highest BCUT2D eigenvalue weighted by molar-refractivity contribution is 5.96. The van der Waals surface area contributed by atoms with Crippen LogP contribution >= 0.6 is 0 Å². The first-order chi connectivity index (χ1) is 12.7. The minimum absolute atomic E-state index is 0.0572. The number of nitrogens with zero attached hydrogens (tertiary/aromatic N) is 6. The summed E-state index contributed by atoms with van der Waals surface area (Å²) in [6.45, 7) is 3.81. The van der Waals surface area contributed by atoms with Gasteiger partial charge in [-0.2, -0.15) is 0 Å². The van der Waals surface area contributed by atoms with E-state index in [1.807, 2.05) is 35.2 Å². The lowest BCUT2D eigenvalue weighted by Crippen LogP contribution is -2.39. The molecule has 0 aliphatic carbocycles. The van der Waals surface area contributed by atoms with Gasteiger partial charge in [0, 0.05) is 31.0 Å². The van der Waals surface area contributed by atoms with Crippen molar-refractivity contribution in [1.82, 2.24) is 30.1 Å². The summed E-state index contributed by atoms with van der Waals surface area (Å²) in [4.78, 5) is 19.1. The summed E-state index contributed by atoms with van der Waals surface area (Å²) in [6.07, 6.45) is 7.25. The molecule has 2 aromatic heterocycles. The van der Waals surface area contributed by atoms with Crippen LogP contribution in [0.1, 0.15) is 30.1 Å². The number of aromatic nitrogens is 5. The Morgan fingerprint density at radius 1 is 1.15 bits per heavy atom. The van der Waals surface area contributed by atoms with Gasteiger partial charge in [-0.25, -0.2) is 4.68 Å². The second-order valence-corrected chi connectivity index (χ2v) is 6.76. The topological polar surface area (TPSA) is 76.8 Å². The van der Waals surface area contributed by atoms with E-state index < -0.39 is 0 Å². The van der Waals surface area contributed by atoms with Gasteiger partial charge in [0.1, 0.15) is 6.33 Å². The average Bonchev–Trinajstić information content (AvgIpc) is 3.23. The molecule has 1 unspecified atom stereocenters. The zero-order valence-electron chi connectivity index (χ0n) is 14.6. The van der Waals surface area contributed by atoms with E-state index in [0.717, 1.165) is 36.3 Å². The minimum atomic E-state index is 0.0572. The summed E-state index contributed by atoms with van der Waals surface area (Å²) in [5, 5.41) is 11.4. The Balaban J connectivity index is 1.76. The Morgan fingerprint density at radius 2 is 2.00 bits per heavy atom. The molecule has 7 nitrogen and oxygen atoms in total. The quantitative estimate of drug-likeness (QED) is 0.727. The number of tetrazole rings is 1. The molecule has 7 heteroatoms. The van der Waals surface area contributed by atoms with Gasteiger partial charge < -0.3 is 4.90 Å². The number of piperidine rings is 1. The number of pyridine rings is 1. The number of hydrogen-bond donors (Lipinski definition) is 0. The van der Waals surface area contributed by atoms with Crippen LogP contribution in [0.3, 0.4) is 0 Å². The Bertz CT molecular complexity index is 894. The van der Waals surface area contributed by atoms with E-state index in [2.05, 4.69) is 27.4 Å². The fourth-order valence-corrected chi connectivity index (χ4v) is 3.41. The maximum Gasteiger partial charge on any atom is 0.253 e. The molecule has 1 aliphatic rings. The number of carbonyl (C=O) groups excluding carboxylic acids is 1. The smallest absolute Gasteiger partial charge is 0.253 e. The first-order valence-electron chi connectivity index (χ1n) is 8.79. The van der Waals surface area contributed by atoms with Gasteiger partial charge in [-0.3, -0.25) is 9.78 Å². The van der Waals surface area contributed by atoms with Crippen LogP contribution in [0, 0.1) is 5.92 Å². The van der Waals surface area contributed by atoms with Gasteiger partial charge in [-0.1, -0.05) is 6.92 Å². The highest BCUT2D eigenvalue weighted by Gasteiger charge is 2.23. The van der Waals surface area contributed by atoms with E-state index in [1.54, 1.807) is 17.1 Å². The SMILES string of the molecule is CC1CCCN(C(=O)c2cc(-c3ccncc3)cc(-n3cnnn3)c2)C1. The first-order valence-corrected chi connectivity index (χ1v) is 8.79. The first kappa shape index (κ1) is 16.4. The normalized spacial score (nSPS) is 17.3. The van der Waals surface area contributed by atoms with Crippen LogP contribution in [-0.2, 0) is 0 Å². The molecule has 0 N–H and O–H groups in total. The largest absolute Gasteiger partial charge is 0.338 e. The Morgan fingerprint density at radius 3 is 2.73 bits per heavy atom. The highest BCUT2D eigenvalue weighted by Crippen LogP contribution is 2.25. The number of carbonyl (C=O) groups is 1. The summed E-state index contributed by atoms with van der Waals surface area (Å²) in [6, 6.07) is 9.61. The molecule has 0 bridgehead atoms. The van der Waals surface area contributed by atoms with E-state index in [0.29, 0.717) is 11.5 Å². The second kappa shape index (κ2) is 7.03. The van der Waals surface area contributed by atoms with E-state index in [1.165, 1.54) is 12.7 Å². The summed E-state index contributed by atoms with van der Waals surface area (Å²) in [7, 11) is 0. The monoisotopic (exact) mass is 348 g/mol. The molecular weight excluding hydrogens is 328 g/mol. The van der Waals surface area contributed by atoms with Gasteiger partial charge in [-0.15, -0.1) is 5.10 Å². The zero-order chi connectivity index (χ0) is 17.9. The summed E-state index contributed by atoms with van der Waals surface area (Å²) < 4.78 is 1.57. The van der Waals surface area contributed by atoms with Crippen LogP contribution < -0.4 is 0 Å². The number of amides is 1. The number of rotatable bonds is 3. The third-order valence-corrected chi connectivity index (χ3v) is 4.74. The van der Waals surface area contributed by atoms with Crippen LogP contribution in [0.2, 0.25) is 0 Å². The number of benzene rings is 1. The van der Waals surface area contributed by atoms with Crippen LogP contribution in [0.25, 0.3) is 16.8 Å². The lowest BCUT2D eigenvalue weighted by Gasteiger charge is -2.31. The highest BCUT2D eigenvalue weighted by atomic mass is 16.2. The van der Waals surface area contributed by atoms with Crippen molar-refractivity contribution in [1.29, 1.82) is 0 Å². The molecule has 1 saturated heterocycles. The predicted molar refractivity (Wildman–Crippen MR) is 96.7 cm³/mol. The van der Waals surface area contributed by atoms with Gasteiger partial charge in [-0.05, 0) is 70.6 Å². The van der Waals surface area contributed by atoms with Crippen molar-refractivity contribution in [2.45, 2.75) is 19.8 Å². The molecular formula is C19H20N6O. The van der Waals surface area contributed by atoms with Gasteiger partial charge in [0.2, 0.25) is 0 Å². The molecule has 0 spiro atoms. The fraction of sp³-hybridized carbons (Fsp3) is 0.316. The van der Waals surface area contributed by atoms with Gasteiger partial charge in [0.25, 0.3) is 5.91 Å².